The van der Waals surface area contributed by atoms with Crippen molar-refractivity contribution in [3.05, 3.63) is 41.5 Å². The van der Waals surface area contributed by atoms with Gasteiger partial charge in [-0.25, -0.2) is 4.79 Å². The second-order valence-corrected chi connectivity index (χ2v) is 4.89. The third-order valence-electron chi connectivity index (χ3n) is 3.29. The number of carbonyl (C=O) groups is 1. The van der Waals surface area contributed by atoms with Crippen LogP contribution in [0, 0.1) is 0 Å². The molecule has 3 nitrogen and oxygen atoms in total. The minimum Gasteiger partial charge on any atom is -0.496 e. The van der Waals surface area contributed by atoms with Gasteiger partial charge in [-0.05, 0) is 37.8 Å². The Morgan fingerprint density at radius 2 is 2.00 bits per heavy atom. The van der Waals surface area contributed by atoms with Gasteiger partial charge in [0.15, 0.2) is 0 Å². The van der Waals surface area contributed by atoms with Gasteiger partial charge in [-0.2, -0.15) is 0 Å². The lowest BCUT2D eigenvalue weighted by atomic mass is 10.0. The van der Waals surface area contributed by atoms with Crippen LogP contribution in [0.25, 0.3) is 0 Å². The molecule has 0 heterocycles. The molecule has 0 bridgehead atoms. The van der Waals surface area contributed by atoms with Crippen LogP contribution in [-0.4, -0.2) is 19.7 Å². The summed E-state index contributed by atoms with van der Waals surface area (Å²) in [6.07, 6.45) is 9.82. The average molecular weight is 290 g/mol. The van der Waals surface area contributed by atoms with E-state index in [9.17, 15) is 4.79 Å². The molecule has 0 saturated heterocycles. The first-order chi connectivity index (χ1) is 10.2. The van der Waals surface area contributed by atoms with Gasteiger partial charge in [0.2, 0.25) is 0 Å². The number of allylic oxidation sites excluding steroid dienone is 2. The molecular weight excluding hydrogens is 264 g/mol. The van der Waals surface area contributed by atoms with E-state index in [1.54, 1.807) is 20.1 Å². The quantitative estimate of drug-likeness (QED) is 0.380. The van der Waals surface area contributed by atoms with Crippen molar-refractivity contribution < 1.29 is 14.3 Å². The molecule has 0 N–H and O–H groups in total. The Morgan fingerprint density at radius 3 is 2.67 bits per heavy atom. The first-order valence-electron chi connectivity index (χ1n) is 7.72. The third kappa shape index (κ3) is 5.62. The Kier molecular flexibility index (Phi) is 8.25. The molecule has 1 aromatic carbocycles. The van der Waals surface area contributed by atoms with Crippen molar-refractivity contribution in [2.75, 3.05) is 13.7 Å². The van der Waals surface area contributed by atoms with E-state index in [1.807, 2.05) is 12.1 Å². The van der Waals surface area contributed by atoms with Crippen molar-refractivity contribution in [2.45, 2.75) is 46.0 Å². The fourth-order valence-electron chi connectivity index (χ4n) is 2.19. The van der Waals surface area contributed by atoms with Crippen LogP contribution in [0.15, 0.2) is 30.4 Å². The highest BCUT2D eigenvalue weighted by Crippen LogP contribution is 2.24. The van der Waals surface area contributed by atoms with Gasteiger partial charge in [0.05, 0.1) is 13.7 Å². The molecule has 0 spiro atoms. The maximum Gasteiger partial charge on any atom is 0.342 e. The van der Waals surface area contributed by atoms with Crippen molar-refractivity contribution in [1.82, 2.24) is 0 Å². The highest BCUT2D eigenvalue weighted by Gasteiger charge is 2.17. The number of methoxy groups -OCH3 is 1. The number of rotatable bonds is 9. The number of esters is 1. The maximum atomic E-state index is 12.1. The summed E-state index contributed by atoms with van der Waals surface area (Å²) in [4.78, 5) is 12.1. The number of hydrogen-bond donors (Lipinski definition) is 0. The Bertz CT molecular complexity index is 464. The largest absolute Gasteiger partial charge is 0.496 e. The lowest BCUT2D eigenvalue weighted by Gasteiger charge is -2.11. The molecule has 0 amide bonds. The summed E-state index contributed by atoms with van der Waals surface area (Å²) in [6.45, 7) is 4.37. The number of carbonyl (C=O) groups excluding carboxylic acids is 1. The number of benzene rings is 1. The molecule has 0 aliphatic heterocycles. The molecule has 0 unspecified atom stereocenters. The van der Waals surface area contributed by atoms with Gasteiger partial charge in [-0.15, -0.1) is 0 Å². The number of unbranched alkanes of at least 4 members (excludes halogenated alkanes) is 3. The SMILES string of the molecule is CCCCC/C=C/Cc1cccc(OC)c1C(=O)OCC. The smallest absolute Gasteiger partial charge is 0.342 e. The van der Waals surface area contributed by atoms with Crippen LogP contribution in [0.5, 0.6) is 5.75 Å². The van der Waals surface area contributed by atoms with Gasteiger partial charge in [0.1, 0.15) is 11.3 Å². The van der Waals surface area contributed by atoms with Crippen LogP contribution >= 0.6 is 0 Å². The lowest BCUT2D eigenvalue weighted by Crippen LogP contribution is -2.10. The van der Waals surface area contributed by atoms with Crippen LogP contribution in [0.4, 0.5) is 0 Å². The molecule has 0 aliphatic carbocycles. The molecule has 0 radical (unpaired) electrons. The van der Waals surface area contributed by atoms with E-state index in [-0.39, 0.29) is 5.97 Å². The van der Waals surface area contributed by atoms with Crippen molar-refractivity contribution in [2.24, 2.45) is 0 Å². The molecule has 1 aromatic rings. The summed E-state index contributed by atoms with van der Waals surface area (Å²) in [5, 5.41) is 0. The minimum absolute atomic E-state index is 0.315. The summed E-state index contributed by atoms with van der Waals surface area (Å²) in [7, 11) is 1.57. The first kappa shape index (κ1) is 17.3. The van der Waals surface area contributed by atoms with Gasteiger partial charge >= 0.3 is 5.97 Å². The van der Waals surface area contributed by atoms with E-state index in [0.29, 0.717) is 17.9 Å². The summed E-state index contributed by atoms with van der Waals surface area (Å²) in [6, 6.07) is 5.65. The third-order valence-corrected chi connectivity index (χ3v) is 3.29. The molecular formula is C18H26O3. The Balaban J connectivity index is 2.78. The van der Waals surface area contributed by atoms with Crippen LogP contribution in [0.1, 0.15) is 55.5 Å². The predicted molar refractivity (Wildman–Crippen MR) is 85.9 cm³/mol. The Hall–Kier alpha value is -1.77. The van der Waals surface area contributed by atoms with Gasteiger partial charge < -0.3 is 9.47 Å². The molecule has 21 heavy (non-hydrogen) atoms. The van der Waals surface area contributed by atoms with Crippen molar-refractivity contribution in [1.29, 1.82) is 0 Å². The normalized spacial score (nSPS) is 10.8. The van der Waals surface area contributed by atoms with Crippen molar-refractivity contribution >= 4 is 5.97 Å². The van der Waals surface area contributed by atoms with Crippen molar-refractivity contribution in [3.8, 4) is 5.75 Å². The topological polar surface area (TPSA) is 35.5 Å². The fourth-order valence-corrected chi connectivity index (χ4v) is 2.19. The number of hydrogen-bond acceptors (Lipinski definition) is 3. The molecule has 116 valence electrons. The molecule has 0 saturated carbocycles. The molecule has 0 aromatic heterocycles. The lowest BCUT2D eigenvalue weighted by molar-refractivity contribution is 0.0521. The van der Waals surface area contributed by atoms with Gasteiger partial charge in [-0.1, -0.05) is 44.1 Å². The zero-order chi connectivity index (χ0) is 15.5. The number of ether oxygens (including phenoxy) is 2. The van der Waals surface area contributed by atoms with Crippen LogP contribution < -0.4 is 4.74 Å². The van der Waals surface area contributed by atoms with Crippen molar-refractivity contribution in [3.63, 3.8) is 0 Å². The summed E-state index contributed by atoms with van der Waals surface area (Å²) in [5.41, 5.74) is 1.49. The van der Waals surface area contributed by atoms with Gasteiger partial charge in [-0.3, -0.25) is 0 Å². The highest BCUT2D eigenvalue weighted by molar-refractivity contribution is 5.94. The second kappa shape index (κ2) is 10.0. The van der Waals surface area contributed by atoms with Gasteiger partial charge in [0.25, 0.3) is 0 Å². The summed E-state index contributed by atoms with van der Waals surface area (Å²) in [5.74, 6) is 0.259. The van der Waals surface area contributed by atoms with E-state index in [2.05, 4.69) is 19.1 Å². The monoisotopic (exact) mass is 290 g/mol. The highest BCUT2D eigenvalue weighted by atomic mass is 16.5. The second-order valence-electron chi connectivity index (χ2n) is 4.89. The molecule has 0 aliphatic rings. The first-order valence-corrected chi connectivity index (χ1v) is 7.72. The minimum atomic E-state index is -0.315. The van der Waals surface area contributed by atoms with Gasteiger partial charge in [0, 0.05) is 0 Å². The fraction of sp³-hybridized carbons (Fsp3) is 0.500. The zero-order valence-electron chi connectivity index (χ0n) is 13.4. The van der Waals surface area contributed by atoms with E-state index in [1.165, 1.54) is 19.3 Å². The Morgan fingerprint density at radius 1 is 1.19 bits per heavy atom. The standard InChI is InChI=1S/C18H26O3/c1-4-6-7-8-9-10-12-15-13-11-14-16(20-3)17(15)18(19)21-5-2/h9-11,13-14H,4-8,12H2,1-3H3/b10-9+. The van der Waals surface area contributed by atoms with E-state index >= 15 is 0 Å². The maximum absolute atomic E-state index is 12.1. The van der Waals surface area contributed by atoms with Crippen LogP contribution in [0.3, 0.4) is 0 Å². The molecule has 0 atom stereocenters. The summed E-state index contributed by atoms with van der Waals surface area (Å²) < 4.78 is 10.4. The Labute approximate surface area is 128 Å². The van der Waals surface area contributed by atoms with E-state index in [0.717, 1.165) is 18.4 Å². The van der Waals surface area contributed by atoms with Crippen LogP contribution in [0.2, 0.25) is 0 Å². The summed E-state index contributed by atoms with van der Waals surface area (Å²) >= 11 is 0. The molecule has 3 heteroatoms. The molecule has 0 fully saturated rings. The predicted octanol–water partition coefficient (Wildman–Crippen LogP) is 4.55. The van der Waals surface area contributed by atoms with E-state index in [4.69, 9.17) is 9.47 Å². The average Bonchev–Trinajstić information content (AvgIpc) is 2.50. The van der Waals surface area contributed by atoms with E-state index < -0.39 is 0 Å². The zero-order valence-corrected chi connectivity index (χ0v) is 13.4. The van der Waals surface area contributed by atoms with Crippen LogP contribution in [-0.2, 0) is 11.2 Å². The molecule has 1 rings (SSSR count).